The second-order valence-corrected chi connectivity index (χ2v) is 19.9. The van der Waals surface area contributed by atoms with Crippen LogP contribution in [-0.2, 0) is 28.6 Å². The Morgan fingerprint density at radius 1 is 0.280 bits per heavy atom. The van der Waals surface area contributed by atoms with Crippen molar-refractivity contribution in [2.45, 2.75) is 271 Å². The summed E-state index contributed by atoms with van der Waals surface area (Å²) in [5.74, 6) is -0.985. The Hall–Kier alpha value is -4.45. The summed E-state index contributed by atoms with van der Waals surface area (Å²) in [7, 11) is 0. The first-order chi connectivity index (χ1) is 37.0. The topological polar surface area (TPSA) is 78.9 Å². The van der Waals surface area contributed by atoms with E-state index in [1.807, 2.05) is 0 Å². The first kappa shape index (κ1) is 70.5. The van der Waals surface area contributed by atoms with E-state index >= 15 is 0 Å². The van der Waals surface area contributed by atoms with Gasteiger partial charge in [0.15, 0.2) is 6.10 Å². The molecule has 0 bridgehead atoms. The Balaban J connectivity index is 4.52. The summed E-state index contributed by atoms with van der Waals surface area (Å²) in [4.78, 5) is 38.3. The molecular weight excluding hydrogens is 925 g/mol. The van der Waals surface area contributed by atoms with E-state index in [9.17, 15) is 14.4 Å². The fourth-order valence-electron chi connectivity index (χ4n) is 8.02. The molecule has 1 unspecified atom stereocenters. The summed E-state index contributed by atoms with van der Waals surface area (Å²) in [5.41, 5.74) is 0. The first-order valence-corrected chi connectivity index (χ1v) is 30.7. The van der Waals surface area contributed by atoms with E-state index in [-0.39, 0.29) is 37.5 Å². The van der Waals surface area contributed by atoms with Gasteiger partial charge in [0.1, 0.15) is 13.2 Å². The molecule has 0 amide bonds. The first-order valence-electron chi connectivity index (χ1n) is 30.7. The van der Waals surface area contributed by atoms with Gasteiger partial charge >= 0.3 is 17.9 Å². The van der Waals surface area contributed by atoms with Gasteiger partial charge in [0.2, 0.25) is 0 Å². The smallest absolute Gasteiger partial charge is 0.306 e. The van der Waals surface area contributed by atoms with Gasteiger partial charge in [-0.25, -0.2) is 0 Å². The Labute approximate surface area is 462 Å². The van der Waals surface area contributed by atoms with Crippen molar-refractivity contribution in [2.24, 2.45) is 0 Å². The lowest BCUT2D eigenvalue weighted by molar-refractivity contribution is -0.167. The molecule has 0 saturated heterocycles. The highest BCUT2D eigenvalue weighted by Gasteiger charge is 2.19. The summed E-state index contributed by atoms with van der Waals surface area (Å²) in [5, 5.41) is 0. The van der Waals surface area contributed by atoms with Crippen LogP contribution in [0.1, 0.15) is 265 Å². The molecule has 0 aromatic heterocycles. The quantitative estimate of drug-likeness (QED) is 0.0261. The predicted octanol–water partition coefficient (Wildman–Crippen LogP) is 21.0. The SMILES string of the molecule is CC/C=C\C/C=C\C/C=C\C/C=C\C/C=C\C/C=C\C/C=C\CCCC(=O)OCC(COC(=O)CCCCCCCCC/C=C\C/C=C\CCCCC)OC(=O)CCCCCCCCC/C=C\C/C=C\CCCCC. The van der Waals surface area contributed by atoms with Crippen LogP contribution in [0.25, 0.3) is 0 Å². The molecular formula is C69H112O6. The third kappa shape index (κ3) is 60.3. The lowest BCUT2D eigenvalue weighted by atomic mass is 10.1. The van der Waals surface area contributed by atoms with Crippen LogP contribution in [0, 0.1) is 0 Å². The van der Waals surface area contributed by atoms with Crippen LogP contribution in [0.4, 0.5) is 0 Å². The Morgan fingerprint density at radius 3 is 0.867 bits per heavy atom. The third-order valence-corrected chi connectivity index (χ3v) is 12.6. The number of hydrogen-bond donors (Lipinski definition) is 0. The summed E-state index contributed by atoms with van der Waals surface area (Å²) < 4.78 is 16.8. The number of carbonyl (C=O) groups is 3. The second kappa shape index (κ2) is 62.1. The van der Waals surface area contributed by atoms with Gasteiger partial charge in [0.25, 0.3) is 0 Å². The molecule has 0 aromatic rings. The van der Waals surface area contributed by atoms with Gasteiger partial charge in [0.05, 0.1) is 0 Å². The van der Waals surface area contributed by atoms with Crippen LogP contribution in [0.3, 0.4) is 0 Å². The van der Waals surface area contributed by atoms with E-state index in [4.69, 9.17) is 14.2 Å². The summed E-state index contributed by atoms with van der Waals surface area (Å²) in [6, 6.07) is 0. The van der Waals surface area contributed by atoms with E-state index in [1.54, 1.807) is 0 Å². The zero-order valence-corrected chi connectivity index (χ0v) is 48.5. The second-order valence-electron chi connectivity index (χ2n) is 19.9. The zero-order chi connectivity index (χ0) is 54.3. The summed E-state index contributed by atoms with van der Waals surface area (Å²) >= 11 is 0. The molecule has 0 heterocycles. The molecule has 0 aliphatic carbocycles. The maximum atomic E-state index is 12.9. The zero-order valence-electron chi connectivity index (χ0n) is 48.5. The number of allylic oxidation sites excluding steroid dienone is 22. The van der Waals surface area contributed by atoms with E-state index in [0.29, 0.717) is 19.3 Å². The Kier molecular flexibility index (Phi) is 58.4. The number of hydrogen-bond acceptors (Lipinski definition) is 6. The maximum absolute atomic E-state index is 12.9. The molecule has 0 aromatic carbocycles. The van der Waals surface area contributed by atoms with Crippen molar-refractivity contribution in [2.75, 3.05) is 13.2 Å². The van der Waals surface area contributed by atoms with Crippen LogP contribution in [0.15, 0.2) is 134 Å². The standard InChI is InChI=1S/C69H112O6/c1-4-7-10-13-16-19-22-25-28-31-32-33-34-35-36-39-41-44-47-50-53-56-59-62-68(71)74-65-66(75-69(72)63-60-57-54-51-48-45-42-38-30-27-24-21-18-15-12-9-6-3)64-73-67(70)61-58-55-52-49-46-43-40-37-29-26-23-20-17-14-11-8-5-2/h7,10,16-21,25-30,32-33,35-36,41,44,50,53,66H,4-6,8-9,11-15,22-24,31,34,37-40,42-43,45-49,51-52,54-65H2,1-3H3/b10-7-,19-16-,20-17-,21-18-,28-25-,29-26-,30-27-,33-32-,36-35-,44-41-,53-50-. The van der Waals surface area contributed by atoms with Gasteiger partial charge < -0.3 is 14.2 Å². The summed E-state index contributed by atoms with van der Waals surface area (Å²) in [6.45, 7) is 6.42. The highest BCUT2D eigenvalue weighted by Crippen LogP contribution is 2.14. The van der Waals surface area contributed by atoms with Crippen molar-refractivity contribution in [3.8, 4) is 0 Å². The van der Waals surface area contributed by atoms with Gasteiger partial charge in [-0.15, -0.1) is 0 Å². The monoisotopic (exact) mass is 1040 g/mol. The van der Waals surface area contributed by atoms with E-state index < -0.39 is 6.10 Å². The van der Waals surface area contributed by atoms with Gasteiger partial charge in [0, 0.05) is 19.3 Å². The molecule has 6 heteroatoms. The van der Waals surface area contributed by atoms with Crippen molar-refractivity contribution in [1.29, 1.82) is 0 Å². The van der Waals surface area contributed by atoms with Crippen molar-refractivity contribution < 1.29 is 28.6 Å². The van der Waals surface area contributed by atoms with Gasteiger partial charge in [-0.2, -0.15) is 0 Å². The fourth-order valence-corrected chi connectivity index (χ4v) is 8.02. The van der Waals surface area contributed by atoms with Crippen molar-refractivity contribution >= 4 is 17.9 Å². The molecule has 0 fully saturated rings. The molecule has 0 saturated carbocycles. The normalized spacial score (nSPS) is 13.1. The number of rotatable bonds is 54. The molecule has 0 aliphatic heterocycles. The molecule has 1 atom stereocenters. The number of esters is 3. The number of unbranched alkanes of at least 4 members (excludes halogenated alkanes) is 21. The Bertz CT molecular complexity index is 1620. The molecule has 0 aliphatic rings. The third-order valence-electron chi connectivity index (χ3n) is 12.6. The van der Waals surface area contributed by atoms with Gasteiger partial charge in [-0.05, 0) is 135 Å². The molecule has 75 heavy (non-hydrogen) atoms. The number of carbonyl (C=O) groups excluding carboxylic acids is 3. The van der Waals surface area contributed by atoms with Crippen LogP contribution < -0.4 is 0 Å². The lowest BCUT2D eigenvalue weighted by Gasteiger charge is -2.18. The lowest BCUT2D eigenvalue weighted by Crippen LogP contribution is -2.30. The maximum Gasteiger partial charge on any atom is 0.306 e. The van der Waals surface area contributed by atoms with Crippen molar-refractivity contribution in [1.82, 2.24) is 0 Å². The average Bonchev–Trinajstić information content (AvgIpc) is 3.41. The van der Waals surface area contributed by atoms with Crippen molar-refractivity contribution in [3.63, 3.8) is 0 Å². The minimum atomic E-state index is -0.815. The highest BCUT2D eigenvalue weighted by atomic mass is 16.6. The predicted molar refractivity (Wildman–Crippen MR) is 325 cm³/mol. The summed E-state index contributed by atoms with van der Waals surface area (Å²) in [6.07, 6.45) is 87.3. The molecule has 0 rings (SSSR count). The molecule has 0 N–H and O–H groups in total. The molecule has 424 valence electrons. The van der Waals surface area contributed by atoms with Gasteiger partial charge in [-0.3, -0.25) is 14.4 Å². The number of ether oxygens (including phenoxy) is 3. The minimum absolute atomic E-state index is 0.107. The van der Waals surface area contributed by atoms with Crippen LogP contribution >= 0.6 is 0 Å². The fraction of sp³-hybridized carbons (Fsp3) is 0.638. The van der Waals surface area contributed by atoms with Crippen molar-refractivity contribution in [3.05, 3.63) is 134 Å². The van der Waals surface area contributed by atoms with E-state index in [2.05, 4.69) is 154 Å². The molecule has 6 nitrogen and oxygen atoms in total. The molecule has 0 radical (unpaired) electrons. The Morgan fingerprint density at radius 2 is 0.533 bits per heavy atom. The van der Waals surface area contributed by atoms with Crippen LogP contribution in [0.2, 0.25) is 0 Å². The van der Waals surface area contributed by atoms with E-state index in [0.717, 1.165) is 116 Å². The molecule has 0 spiro atoms. The highest BCUT2D eigenvalue weighted by molar-refractivity contribution is 5.71. The van der Waals surface area contributed by atoms with E-state index in [1.165, 1.54) is 103 Å². The average molecular weight is 1040 g/mol. The van der Waals surface area contributed by atoms with Crippen LogP contribution in [0.5, 0.6) is 0 Å². The van der Waals surface area contributed by atoms with Crippen LogP contribution in [-0.4, -0.2) is 37.2 Å². The largest absolute Gasteiger partial charge is 0.462 e. The van der Waals surface area contributed by atoms with Gasteiger partial charge in [-0.1, -0.05) is 244 Å². The minimum Gasteiger partial charge on any atom is -0.462 e.